The Hall–Kier alpha value is -0.790. The molecular formula is C11H8ClIN2OS. The number of benzene rings is 1. The van der Waals surface area contributed by atoms with Crippen molar-refractivity contribution in [2.75, 3.05) is 11.1 Å². The van der Waals surface area contributed by atoms with Crippen molar-refractivity contribution in [3.05, 3.63) is 43.1 Å². The highest BCUT2D eigenvalue weighted by Gasteiger charge is 2.09. The van der Waals surface area contributed by atoms with Crippen LogP contribution in [0, 0.1) is 2.88 Å². The number of rotatable bonds is 2. The van der Waals surface area contributed by atoms with Crippen molar-refractivity contribution < 1.29 is 4.79 Å². The molecule has 17 heavy (non-hydrogen) atoms. The van der Waals surface area contributed by atoms with Crippen molar-refractivity contribution in [1.82, 2.24) is 0 Å². The zero-order chi connectivity index (χ0) is 12.4. The molecule has 0 bridgehead atoms. The van der Waals surface area contributed by atoms with Gasteiger partial charge in [0, 0.05) is 10.4 Å². The van der Waals surface area contributed by atoms with Gasteiger partial charge in [0.2, 0.25) is 0 Å². The molecule has 3 nitrogen and oxygen atoms in total. The van der Waals surface area contributed by atoms with E-state index in [4.69, 9.17) is 17.3 Å². The zero-order valence-electron chi connectivity index (χ0n) is 8.54. The summed E-state index contributed by atoms with van der Waals surface area (Å²) in [5.41, 5.74) is 7.41. The highest BCUT2D eigenvalue weighted by molar-refractivity contribution is 14.1. The topological polar surface area (TPSA) is 55.1 Å². The van der Waals surface area contributed by atoms with E-state index in [2.05, 4.69) is 27.9 Å². The van der Waals surface area contributed by atoms with Gasteiger partial charge in [-0.05, 0) is 46.9 Å². The first-order chi connectivity index (χ1) is 8.06. The van der Waals surface area contributed by atoms with Gasteiger partial charge in [-0.3, -0.25) is 4.79 Å². The molecule has 0 saturated heterocycles. The number of halogens is 2. The second kappa shape index (κ2) is 5.24. The van der Waals surface area contributed by atoms with Crippen LogP contribution in [-0.2, 0) is 0 Å². The molecule has 1 aromatic carbocycles. The van der Waals surface area contributed by atoms with Crippen LogP contribution in [0.3, 0.4) is 0 Å². The quantitative estimate of drug-likeness (QED) is 0.616. The van der Waals surface area contributed by atoms with Crippen LogP contribution in [0.2, 0.25) is 5.02 Å². The Bertz CT molecular complexity index is 570. The summed E-state index contributed by atoms with van der Waals surface area (Å²) in [4.78, 5) is 11.9. The van der Waals surface area contributed by atoms with E-state index >= 15 is 0 Å². The van der Waals surface area contributed by atoms with E-state index in [1.54, 1.807) is 18.2 Å². The average molecular weight is 379 g/mol. The highest BCUT2D eigenvalue weighted by Crippen LogP contribution is 2.24. The van der Waals surface area contributed by atoms with Crippen LogP contribution >= 0.6 is 45.5 Å². The smallest absolute Gasteiger partial charge is 0.256 e. The van der Waals surface area contributed by atoms with Gasteiger partial charge in [-0.25, -0.2) is 0 Å². The normalized spacial score (nSPS) is 10.2. The number of hydrogen-bond acceptors (Lipinski definition) is 3. The van der Waals surface area contributed by atoms with Crippen molar-refractivity contribution >= 4 is 62.8 Å². The van der Waals surface area contributed by atoms with E-state index in [0.717, 1.165) is 2.88 Å². The van der Waals surface area contributed by atoms with Crippen LogP contribution in [0.15, 0.2) is 29.6 Å². The van der Waals surface area contributed by atoms with E-state index in [1.807, 2.05) is 11.4 Å². The number of nitrogens with two attached hydrogens (primary N) is 1. The lowest BCUT2D eigenvalue weighted by atomic mass is 10.2. The molecule has 0 unspecified atom stereocenters. The summed E-state index contributed by atoms with van der Waals surface area (Å²) in [7, 11) is 0. The van der Waals surface area contributed by atoms with Gasteiger partial charge in [-0.1, -0.05) is 11.6 Å². The van der Waals surface area contributed by atoms with Gasteiger partial charge in [0.15, 0.2) is 0 Å². The van der Waals surface area contributed by atoms with E-state index in [1.165, 1.54) is 11.3 Å². The third-order valence-electron chi connectivity index (χ3n) is 2.09. The van der Waals surface area contributed by atoms with E-state index in [-0.39, 0.29) is 5.91 Å². The largest absolute Gasteiger partial charge is 0.397 e. The molecule has 1 heterocycles. The molecule has 0 aliphatic heterocycles. The third-order valence-corrected chi connectivity index (χ3v) is 4.12. The fraction of sp³-hybridized carbons (Fsp3) is 0. The van der Waals surface area contributed by atoms with E-state index in [0.29, 0.717) is 22.0 Å². The van der Waals surface area contributed by atoms with Gasteiger partial charge in [0.05, 0.1) is 19.8 Å². The Morgan fingerprint density at radius 1 is 1.41 bits per heavy atom. The van der Waals surface area contributed by atoms with Crippen molar-refractivity contribution in [1.29, 1.82) is 0 Å². The molecule has 6 heteroatoms. The predicted octanol–water partition coefficient (Wildman–Crippen LogP) is 3.84. The number of nitrogens with one attached hydrogen (secondary N) is 1. The lowest BCUT2D eigenvalue weighted by Gasteiger charge is -2.07. The molecule has 3 N–H and O–H groups in total. The Kier molecular flexibility index (Phi) is 3.90. The fourth-order valence-corrected chi connectivity index (χ4v) is 2.78. The lowest BCUT2D eigenvalue weighted by molar-refractivity contribution is 0.102. The number of carbonyl (C=O) groups excluding carboxylic acids is 1. The summed E-state index contributed by atoms with van der Waals surface area (Å²) in [5.74, 6) is -0.168. The van der Waals surface area contributed by atoms with Crippen LogP contribution < -0.4 is 11.1 Å². The average Bonchev–Trinajstić information content (AvgIpc) is 2.69. The van der Waals surface area contributed by atoms with E-state index in [9.17, 15) is 4.79 Å². The molecule has 1 aromatic heterocycles. The first-order valence-corrected chi connectivity index (χ1v) is 7.00. The molecule has 2 aromatic rings. The van der Waals surface area contributed by atoms with Crippen molar-refractivity contribution in [2.24, 2.45) is 0 Å². The Labute approximate surface area is 121 Å². The molecule has 0 fully saturated rings. The minimum absolute atomic E-state index is 0.168. The number of hydrogen-bond donors (Lipinski definition) is 2. The van der Waals surface area contributed by atoms with Crippen molar-refractivity contribution in [3.8, 4) is 0 Å². The lowest BCUT2D eigenvalue weighted by Crippen LogP contribution is -2.12. The molecule has 0 atom stereocenters. The number of nitrogen functional groups attached to an aromatic ring is 1. The monoisotopic (exact) mass is 378 g/mol. The van der Waals surface area contributed by atoms with Gasteiger partial charge in [-0.15, -0.1) is 11.3 Å². The predicted molar refractivity (Wildman–Crippen MR) is 80.9 cm³/mol. The standard InChI is InChI=1S/C11H8ClIN2OS/c12-7-1-2-9(8(14)4-7)15-11(16)6-3-10(13)17-5-6/h1-5H,14H2,(H,15,16). The van der Waals surface area contributed by atoms with Gasteiger partial charge < -0.3 is 11.1 Å². The number of carbonyl (C=O) groups is 1. The molecule has 0 radical (unpaired) electrons. The Morgan fingerprint density at radius 2 is 2.18 bits per heavy atom. The Morgan fingerprint density at radius 3 is 2.76 bits per heavy atom. The molecule has 1 amide bonds. The summed E-state index contributed by atoms with van der Waals surface area (Å²) < 4.78 is 1.07. The van der Waals surface area contributed by atoms with E-state index < -0.39 is 0 Å². The molecule has 0 aliphatic rings. The summed E-state index contributed by atoms with van der Waals surface area (Å²) in [5, 5.41) is 5.10. The fourth-order valence-electron chi connectivity index (χ4n) is 1.27. The number of anilines is 2. The maximum Gasteiger partial charge on any atom is 0.256 e. The molecular weight excluding hydrogens is 371 g/mol. The van der Waals surface area contributed by atoms with Crippen LogP contribution in [0.1, 0.15) is 10.4 Å². The van der Waals surface area contributed by atoms with Crippen molar-refractivity contribution in [3.63, 3.8) is 0 Å². The van der Waals surface area contributed by atoms with Crippen molar-refractivity contribution in [2.45, 2.75) is 0 Å². The highest BCUT2D eigenvalue weighted by atomic mass is 127. The first-order valence-electron chi connectivity index (χ1n) is 4.66. The van der Waals surface area contributed by atoms with Crippen LogP contribution in [-0.4, -0.2) is 5.91 Å². The SMILES string of the molecule is Nc1cc(Cl)ccc1NC(=O)c1csc(I)c1. The molecule has 88 valence electrons. The number of amides is 1. The zero-order valence-corrected chi connectivity index (χ0v) is 12.3. The minimum atomic E-state index is -0.168. The second-order valence-electron chi connectivity index (χ2n) is 3.33. The summed E-state index contributed by atoms with van der Waals surface area (Å²) in [6.07, 6.45) is 0. The molecule has 0 saturated carbocycles. The van der Waals surface area contributed by atoms with Crippen LogP contribution in [0.25, 0.3) is 0 Å². The molecule has 2 rings (SSSR count). The summed E-state index contributed by atoms with van der Waals surface area (Å²) >= 11 is 9.48. The molecule has 0 spiro atoms. The summed E-state index contributed by atoms with van der Waals surface area (Å²) in [6, 6.07) is 6.80. The summed E-state index contributed by atoms with van der Waals surface area (Å²) in [6.45, 7) is 0. The van der Waals surface area contributed by atoms with Crippen LogP contribution in [0.5, 0.6) is 0 Å². The second-order valence-corrected chi connectivity index (χ2v) is 6.57. The van der Waals surface area contributed by atoms with Gasteiger partial charge >= 0.3 is 0 Å². The minimum Gasteiger partial charge on any atom is -0.397 e. The number of thiophene rings is 1. The first kappa shape index (κ1) is 12.7. The van der Waals surface area contributed by atoms with Crippen LogP contribution in [0.4, 0.5) is 11.4 Å². The maximum absolute atomic E-state index is 11.9. The third kappa shape index (κ3) is 3.11. The van der Waals surface area contributed by atoms with Gasteiger partial charge in [0.1, 0.15) is 0 Å². The maximum atomic E-state index is 11.9. The molecule has 0 aliphatic carbocycles. The Balaban J connectivity index is 2.18. The van der Waals surface area contributed by atoms with Gasteiger partial charge in [-0.2, -0.15) is 0 Å². The van der Waals surface area contributed by atoms with Gasteiger partial charge in [0.25, 0.3) is 5.91 Å².